The minimum absolute atomic E-state index is 0.0915. The summed E-state index contributed by atoms with van der Waals surface area (Å²) in [6, 6.07) is 55.0. The van der Waals surface area contributed by atoms with Gasteiger partial charge in [0.05, 0.1) is 34.1 Å². The van der Waals surface area contributed by atoms with Crippen molar-refractivity contribution in [2.24, 2.45) is 0 Å². The summed E-state index contributed by atoms with van der Waals surface area (Å²) in [6.45, 7) is 60.1. The second kappa shape index (κ2) is 27.4. The molecule has 6 aromatic carbocycles. The zero-order valence-corrected chi connectivity index (χ0v) is 65.2. The Balaban J connectivity index is 0.000000178. The maximum Gasteiger partial charge on any atom is 0.0601 e. The van der Waals surface area contributed by atoms with Crippen LogP contribution in [0.15, 0.2) is 184 Å². The molecule has 0 saturated carbocycles. The maximum atomic E-state index is 4.45. The van der Waals surface area contributed by atoms with Gasteiger partial charge in [0.1, 0.15) is 0 Å². The SMILES string of the molecule is CC.CC.Cc1cc(N2c3ccc(C(C)(C)C)cc3C(C)(C)c3cc(C(C)(C)C)ccc32)ccn1.Cc1cc(N2c3ccc(C(C)(C)C)cc3S(C)(C)c3cc(C(C)(C)C)ccc32)ccn1.Cc1cc(N2c3ccc(C(C)(C)C)cc3Sc3cc(C(C)(C)C)ccc32)ccn1. The van der Waals surface area contributed by atoms with Crippen LogP contribution in [0.5, 0.6) is 0 Å². The highest BCUT2D eigenvalue weighted by atomic mass is 32.3. The van der Waals surface area contributed by atoms with E-state index in [0.717, 1.165) is 28.5 Å². The number of benzene rings is 6. The Bertz CT molecular complexity index is 3840. The molecule has 0 fully saturated rings. The van der Waals surface area contributed by atoms with Crippen LogP contribution in [0.1, 0.15) is 228 Å². The molecule has 8 heteroatoms. The van der Waals surface area contributed by atoms with Crippen LogP contribution >= 0.6 is 21.8 Å². The van der Waals surface area contributed by atoms with Gasteiger partial charge in [-0.05, 0) is 207 Å². The fourth-order valence-corrected chi connectivity index (χ4v) is 16.2. The predicted octanol–water partition coefficient (Wildman–Crippen LogP) is 26.3. The van der Waals surface area contributed by atoms with Crippen molar-refractivity contribution < 1.29 is 0 Å². The van der Waals surface area contributed by atoms with Crippen LogP contribution in [0.4, 0.5) is 51.2 Å². The molecule has 6 heterocycles. The lowest BCUT2D eigenvalue weighted by molar-refractivity contribution is 0.573. The highest BCUT2D eigenvalue weighted by Gasteiger charge is 2.40. The highest BCUT2D eigenvalue weighted by molar-refractivity contribution is 8.33. The molecule has 0 bridgehead atoms. The summed E-state index contributed by atoms with van der Waals surface area (Å²) in [5, 5.41) is 0. The lowest BCUT2D eigenvalue weighted by Gasteiger charge is -2.46. The molecule has 0 spiro atoms. The first-order valence-electron chi connectivity index (χ1n) is 34.6. The van der Waals surface area contributed by atoms with Crippen molar-refractivity contribution in [1.82, 2.24) is 15.0 Å². The Kier molecular flexibility index (Phi) is 21.3. The number of anilines is 9. The first-order chi connectivity index (χ1) is 44.1. The first kappa shape index (κ1) is 73.7. The van der Waals surface area contributed by atoms with Gasteiger partial charge in [0, 0.05) is 77.7 Å². The zero-order valence-electron chi connectivity index (χ0n) is 63.6. The van der Waals surface area contributed by atoms with Crippen LogP contribution in [-0.4, -0.2) is 27.5 Å². The standard InChI is InChI=1S/C29H36N2.C28H36N2S.C26H30N2S.2C2H6/c1-19-16-22(14-15-30-19)31-25-12-10-20(27(2,3)4)17-23(25)29(8,9)24-18-21(28(5,6)7)11-13-26(24)31;1-19-16-22(14-15-29-19)30-23-12-10-20(27(2,3)4)17-25(23)31(8,9)26-18-21(28(5,6)7)11-13-24(26)30;1-17-14-20(12-13-27-17)28-21-10-8-18(25(2,3)4)15-23(21)29-24-16-19(26(5,6)7)9-11-22(24)28;2*1-2/h2*10-18H,1-9H3;8-16H,1-7H3;2*1-2H3. The number of nitrogens with zero attached hydrogens (tertiary/aromatic N) is 6. The van der Waals surface area contributed by atoms with Crippen LogP contribution in [-0.2, 0) is 37.9 Å². The third-order valence-electron chi connectivity index (χ3n) is 18.6. The summed E-state index contributed by atoms with van der Waals surface area (Å²) >= 11 is 1.89. The van der Waals surface area contributed by atoms with Gasteiger partial charge in [-0.15, -0.1) is 0 Å². The summed E-state index contributed by atoms with van der Waals surface area (Å²) < 4.78 is 0. The maximum absolute atomic E-state index is 4.45. The molecule has 0 unspecified atom stereocenters. The minimum Gasteiger partial charge on any atom is -0.310 e. The van der Waals surface area contributed by atoms with Crippen molar-refractivity contribution >= 4 is 73.0 Å². The molecule has 0 aliphatic carbocycles. The molecule has 3 aromatic heterocycles. The number of pyridine rings is 3. The summed E-state index contributed by atoms with van der Waals surface area (Å²) in [7, 11) is -1.18. The Morgan fingerprint density at radius 3 is 0.842 bits per heavy atom. The molecule has 0 atom stereocenters. The number of rotatable bonds is 3. The summed E-state index contributed by atoms with van der Waals surface area (Å²) in [5.41, 5.74) is 25.9. The Morgan fingerprint density at radius 2 is 0.558 bits per heavy atom. The second-order valence-corrected chi connectivity index (χ2v) is 37.3. The van der Waals surface area contributed by atoms with Gasteiger partial charge in [-0.2, -0.15) is 10.0 Å². The molecule has 12 rings (SSSR count). The van der Waals surface area contributed by atoms with E-state index in [1.54, 1.807) is 0 Å². The van der Waals surface area contributed by atoms with E-state index in [1.165, 1.54) is 104 Å². The molecular formula is C87H114N6S2. The quantitative estimate of drug-likeness (QED) is 0.175. The van der Waals surface area contributed by atoms with E-state index in [2.05, 4.69) is 347 Å². The fraction of sp³-hybridized carbons (Fsp3) is 0.414. The third-order valence-corrected chi connectivity index (χ3v) is 22.5. The molecule has 0 amide bonds. The molecule has 9 aromatic rings. The van der Waals surface area contributed by atoms with E-state index in [0.29, 0.717) is 0 Å². The number of fused-ring (bicyclic) bond motifs is 6. The number of hydrogen-bond donors (Lipinski definition) is 0. The van der Waals surface area contributed by atoms with Gasteiger partial charge < -0.3 is 14.7 Å². The van der Waals surface area contributed by atoms with E-state index in [-0.39, 0.29) is 37.9 Å². The molecule has 0 N–H and O–H groups in total. The predicted molar refractivity (Wildman–Crippen MR) is 418 cm³/mol. The molecule has 3 aliphatic heterocycles. The lowest BCUT2D eigenvalue weighted by Crippen LogP contribution is -2.32. The van der Waals surface area contributed by atoms with Crippen molar-refractivity contribution in [3.8, 4) is 0 Å². The monoisotopic (exact) mass is 1310 g/mol. The topological polar surface area (TPSA) is 48.4 Å². The van der Waals surface area contributed by atoms with Gasteiger partial charge >= 0.3 is 0 Å². The van der Waals surface area contributed by atoms with E-state index in [1.807, 2.05) is 58.0 Å². The molecule has 95 heavy (non-hydrogen) atoms. The van der Waals surface area contributed by atoms with E-state index in [9.17, 15) is 0 Å². The Hall–Kier alpha value is -7.13. The molecule has 3 aliphatic rings. The molecule has 6 nitrogen and oxygen atoms in total. The Morgan fingerprint density at radius 1 is 0.316 bits per heavy atom. The summed E-state index contributed by atoms with van der Waals surface area (Å²) in [4.78, 5) is 26.1. The van der Waals surface area contributed by atoms with Crippen molar-refractivity contribution in [2.75, 3.05) is 27.2 Å². The number of aromatic nitrogens is 3. The van der Waals surface area contributed by atoms with Gasteiger partial charge in [-0.25, -0.2) is 0 Å². The van der Waals surface area contributed by atoms with Crippen LogP contribution in [0, 0.1) is 20.8 Å². The van der Waals surface area contributed by atoms with Crippen LogP contribution in [0.2, 0.25) is 0 Å². The summed E-state index contributed by atoms with van der Waals surface area (Å²) in [6.07, 6.45) is 10.6. The smallest absolute Gasteiger partial charge is 0.0601 e. The average molecular weight is 1310 g/mol. The molecule has 0 radical (unpaired) electrons. The van der Waals surface area contributed by atoms with Crippen LogP contribution < -0.4 is 14.7 Å². The molecule has 504 valence electrons. The van der Waals surface area contributed by atoms with Gasteiger partial charge in [0.25, 0.3) is 0 Å². The van der Waals surface area contributed by atoms with Crippen molar-refractivity contribution in [3.63, 3.8) is 0 Å². The van der Waals surface area contributed by atoms with E-state index >= 15 is 0 Å². The van der Waals surface area contributed by atoms with Crippen LogP contribution in [0.3, 0.4) is 0 Å². The molecular weight excluding hydrogens is 1190 g/mol. The van der Waals surface area contributed by atoms with E-state index < -0.39 is 10.0 Å². The Labute approximate surface area is 581 Å². The summed E-state index contributed by atoms with van der Waals surface area (Å²) in [5.74, 6) is 0. The molecule has 0 saturated heterocycles. The van der Waals surface area contributed by atoms with Gasteiger partial charge in [0.2, 0.25) is 0 Å². The van der Waals surface area contributed by atoms with Crippen molar-refractivity contribution in [3.05, 3.63) is 226 Å². The van der Waals surface area contributed by atoms with Crippen LogP contribution in [0.25, 0.3) is 0 Å². The second-order valence-electron chi connectivity index (χ2n) is 32.7. The lowest BCUT2D eigenvalue weighted by atomic mass is 9.70. The van der Waals surface area contributed by atoms with Gasteiger partial charge in [0.15, 0.2) is 0 Å². The highest BCUT2D eigenvalue weighted by Crippen LogP contribution is 2.68. The van der Waals surface area contributed by atoms with Crippen molar-refractivity contribution in [1.29, 1.82) is 0 Å². The number of hydrogen-bond acceptors (Lipinski definition) is 7. The van der Waals surface area contributed by atoms with Crippen molar-refractivity contribution in [2.45, 2.75) is 244 Å². The largest absolute Gasteiger partial charge is 0.310 e. The normalized spacial score (nSPS) is 14.8. The first-order valence-corrected chi connectivity index (χ1v) is 37.9. The van der Waals surface area contributed by atoms with Gasteiger partial charge in [-0.1, -0.05) is 226 Å². The zero-order chi connectivity index (χ0) is 70.5. The van der Waals surface area contributed by atoms with Gasteiger partial charge in [-0.3, -0.25) is 15.0 Å². The number of aryl methyl sites for hydroxylation is 3. The minimum atomic E-state index is -1.18. The van der Waals surface area contributed by atoms with E-state index in [4.69, 9.17) is 0 Å². The average Bonchev–Trinajstić information content (AvgIpc) is 0.729. The third kappa shape index (κ3) is 15.5. The fourth-order valence-electron chi connectivity index (χ4n) is 12.7.